The van der Waals surface area contributed by atoms with Crippen molar-refractivity contribution < 1.29 is 4.39 Å². The summed E-state index contributed by atoms with van der Waals surface area (Å²) in [5.74, 6) is -0.472. The van der Waals surface area contributed by atoms with E-state index >= 15 is 0 Å². The highest BCUT2D eigenvalue weighted by Crippen LogP contribution is 2.22. The van der Waals surface area contributed by atoms with E-state index in [-0.39, 0.29) is 5.56 Å². The molecule has 0 unspecified atom stereocenters. The van der Waals surface area contributed by atoms with Gasteiger partial charge in [-0.25, -0.2) is 4.39 Å². The zero-order valence-corrected chi connectivity index (χ0v) is 10.9. The third kappa shape index (κ3) is 3.18. The van der Waals surface area contributed by atoms with Gasteiger partial charge in [-0.15, -0.1) is 0 Å². The summed E-state index contributed by atoms with van der Waals surface area (Å²) in [6.45, 7) is 6.00. The van der Waals surface area contributed by atoms with E-state index in [4.69, 9.17) is 5.26 Å². The van der Waals surface area contributed by atoms with Crippen molar-refractivity contribution in [2.75, 3.05) is 0 Å². The molecule has 2 heteroatoms. The van der Waals surface area contributed by atoms with Crippen molar-refractivity contribution in [1.82, 2.24) is 0 Å². The Bertz CT molecular complexity index is 550. The molecule has 0 heterocycles. The summed E-state index contributed by atoms with van der Waals surface area (Å²) in [5.41, 5.74) is 2.99. The van der Waals surface area contributed by atoms with Gasteiger partial charge in [-0.2, -0.15) is 5.26 Å². The van der Waals surface area contributed by atoms with E-state index in [9.17, 15) is 4.39 Å². The number of nitriles is 1. The molecule has 0 amide bonds. The maximum Gasteiger partial charge on any atom is 0.141 e. The number of aryl methyl sites for hydroxylation is 1. The molecule has 2 rings (SSSR count). The second kappa shape index (κ2) is 6.56. The molecule has 0 spiro atoms. The standard InChI is InChI=1S/C14H10FN.C2H6/c1-10-2-4-11(5-3-10)12-6-7-13(9-16)14(15)8-12;1-2/h2-8H,1H3;1-2H3. The van der Waals surface area contributed by atoms with E-state index in [0.29, 0.717) is 0 Å². The monoisotopic (exact) mass is 241 g/mol. The summed E-state index contributed by atoms with van der Waals surface area (Å²) < 4.78 is 13.4. The minimum absolute atomic E-state index is 0.0795. The predicted molar refractivity (Wildman–Crippen MR) is 72.6 cm³/mol. The average molecular weight is 241 g/mol. The Morgan fingerprint density at radius 3 is 2.00 bits per heavy atom. The van der Waals surface area contributed by atoms with Gasteiger partial charge in [0.05, 0.1) is 5.56 Å². The zero-order chi connectivity index (χ0) is 13.5. The van der Waals surface area contributed by atoms with E-state index in [1.165, 1.54) is 12.1 Å². The normalized spacial score (nSPS) is 9.06. The third-order valence-corrected chi connectivity index (χ3v) is 2.47. The van der Waals surface area contributed by atoms with Gasteiger partial charge in [-0.05, 0) is 30.2 Å². The first-order chi connectivity index (χ1) is 8.70. The van der Waals surface area contributed by atoms with E-state index in [1.807, 2.05) is 51.1 Å². The van der Waals surface area contributed by atoms with Crippen LogP contribution in [0.1, 0.15) is 25.0 Å². The summed E-state index contributed by atoms with van der Waals surface area (Å²) in [4.78, 5) is 0. The highest BCUT2D eigenvalue weighted by Gasteiger charge is 2.03. The highest BCUT2D eigenvalue weighted by atomic mass is 19.1. The van der Waals surface area contributed by atoms with Crippen LogP contribution in [0.15, 0.2) is 42.5 Å². The number of rotatable bonds is 1. The Morgan fingerprint density at radius 1 is 0.944 bits per heavy atom. The minimum Gasteiger partial charge on any atom is -0.206 e. The lowest BCUT2D eigenvalue weighted by Gasteiger charge is -2.03. The molecule has 18 heavy (non-hydrogen) atoms. The number of hydrogen-bond acceptors (Lipinski definition) is 1. The van der Waals surface area contributed by atoms with Crippen LogP contribution < -0.4 is 0 Å². The van der Waals surface area contributed by atoms with Gasteiger partial charge in [0.1, 0.15) is 11.9 Å². The maximum atomic E-state index is 13.4. The van der Waals surface area contributed by atoms with Gasteiger partial charge < -0.3 is 0 Å². The van der Waals surface area contributed by atoms with Gasteiger partial charge >= 0.3 is 0 Å². The molecule has 0 saturated carbocycles. The van der Waals surface area contributed by atoms with Crippen molar-refractivity contribution in [2.45, 2.75) is 20.8 Å². The van der Waals surface area contributed by atoms with Crippen LogP contribution >= 0.6 is 0 Å². The number of nitrogens with zero attached hydrogens (tertiary/aromatic N) is 1. The fourth-order valence-electron chi connectivity index (χ4n) is 1.53. The van der Waals surface area contributed by atoms with Gasteiger partial charge in [0, 0.05) is 0 Å². The summed E-state index contributed by atoms with van der Waals surface area (Å²) in [6, 6.07) is 14.3. The Balaban J connectivity index is 0.000000771. The SMILES string of the molecule is CC.Cc1ccc(-c2ccc(C#N)c(F)c2)cc1. The molecule has 0 bridgehead atoms. The fourth-order valence-corrected chi connectivity index (χ4v) is 1.53. The lowest BCUT2D eigenvalue weighted by molar-refractivity contribution is 0.624. The van der Waals surface area contributed by atoms with Crippen molar-refractivity contribution in [2.24, 2.45) is 0 Å². The molecular weight excluding hydrogens is 225 g/mol. The minimum atomic E-state index is -0.472. The quantitative estimate of drug-likeness (QED) is 0.710. The van der Waals surface area contributed by atoms with Crippen LogP contribution in [-0.2, 0) is 0 Å². The topological polar surface area (TPSA) is 23.8 Å². The second-order valence-electron chi connectivity index (χ2n) is 3.67. The molecular formula is C16H16FN. The van der Waals surface area contributed by atoms with Crippen LogP contribution in [0.2, 0.25) is 0 Å². The lowest BCUT2D eigenvalue weighted by atomic mass is 10.0. The Morgan fingerprint density at radius 2 is 1.50 bits per heavy atom. The van der Waals surface area contributed by atoms with Crippen LogP contribution in [-0.4, -0.2) is 0 Å². The van der Waals surface area contributed by atoms with E-state index in [0.717, 1.165) is 16.7 Å². The van der Waals surface area contributed by atoms with E-state index in [1.54, 1.807) is 6.07 Å². The van der Waals surface area contributed by atoms with Gasteiger partial charge in [0.15, 0.2) is 0 Å². The molecule has 0 atom stereocenters. The first-order valence-electron chi connectivity index (χ1n) is 5.97. The molecule has 0 radical (unpaired) electrons. The molecule has 1 nitrogen and oxygen atoms in total. The van der Waals surface area contributed by atoms with Crippen LogP contribution in [0.5, 0.6) is 0 Å². The number of hydrogen-bond donors (Lipinski definition) is 0. The van der Waals surface area contributed by atoms with Crippen LogP contribution in [0.3, 0.4) is 0 Å². The fraction of sp³-hybridized carbons (Fsp3) is 0.188. The van der Waals surface area contributed by atoms with E-state index in [2.05, 4.69) is 0 Å². The molecule has 0 aromatic heterocycles. The van der Waals surface area contributed by atoms with Gasteiger partial charge in [-0.1, -0.05) is 49.7 Å². The average Bonchev–Trinajstić information content (AvgIpc) is 2.42. The Labute approximate surface area is 108 Å². The largest absolute Gasteiger partial charge is 0.206 e. The van der Waals surface area contributed by atoms with Crippen molar-refractivity contribution >= 4 is 0 Å². The van der Waals surface area contributed by atoms with E-state index < -0.39 is 5.82 Å². The Hall–Kier alpha value is -2.14. The Kier molecular flexibility index (Phi) is 5.07. The van der Waals surface area contributed by atoms with Gasteiger partial charge in [-0.3, -0.25) is 0 Å². The lowest BCUT2D eigenvalue weighted by Crippen LogP contribution is -1.85. The second-order valence-corrected chi connectivity index (χ2v) is 3.67. The zero-order valence-electron chi connectivity index (χ0n) is 10.9. The van der Waals surface area contributed by atoms with Crippen LogP contribution in [0.25, 0.3) is 11.1 Å². The van der Waals surface area contributed by atoms with Gasteiger partial charge in [0.2, 0.25) is 0 Å². The molecule has 2 aromatic rings. The maximum absolute atomic E-state index is 13.4. The summed E-state index contributed by atoms with van der Waals surface area (Å²) in [6.07, 6.45) is 0. The number of benzene rings is 2. The number of halogens is 1. The van der Waals surface area contributed by atoms with Crippen LogP contribution in [0.4, 0.5) is 4.39 Å². The first-order valence-corrected chi connectivity index (χ1v) is 5.97. The molecule has 0 saturated heterocycles. The van der Waals surface area contributed by atoms with Crippen molar-refractivity contribution in [3.63, 3.8) is 0 Å². The smallest absolute Gasteiger partial charge is 0.141 e. The molecule has 92 valence electrons. The summed E-state index contributed by atoms with van der Waals surface area (Å²) in [7, 11) is 0. The summed E-state index contributed by atoms with van der Waals surface area (Å²) >= 11 is 0. The molecule has 0 aliphatic rings. The summed E-state index contributed by atoms with van der Waals surface area (Å²) in [5, 5.41) is 8.63. The van der Waals surface area contributed by atoms with Crippen molar-refractivity contribution in [3.8, 4) is 17.2 Å². The first kappa shape index (κ1) is 13.9. The molecule has 0 N–H and O–H groups in total. The van der Waals surface area contributed by atoms with Crippen molar-refractivity contribution in [3.05, 3.63) is 59.4 Å². The third-order valence-electron chi connectivity index (χ3n) is 2.47. The molecule has 0 aliphatic carbocycles. The predicted octanol–water partition coefficient (Wildman–Crippen LogP) is 4.70. The van der Waals surface area contributed by atoms with Gasteiger partial charge in [0.25, 0.3) is 0 Å². The van der Waals surface area contributed by atoms with Crippen molar-refractivity contribution in [1.29, 1.82) is 5.26 Å². The van der Waals surface area contributed by atoms with Crippen LogP contribution in [0, 0.1) is 24.1 Å². The molecule has 0 fully saturated rings. The molecule has 2 aromatic carbocycles. The highest BCUT2D eigenvalue weighted by molar-refractivity contribution is 5.64. The molecule has 0 aliphatic heterocycles.